The second kappa shape index (κ2) is 23.8. The first-order valence-corrected chi connectivity index (χ1v) is 19.1. The molecule has 2 aromatic rings. The van der Waals surface area contributed by atoms with Gasteiger partial charge in [0.25, 0.3) is 0 Å². The van der Waals surface area contributed by atoms with E-state index in [1.54, 1.807) is 6.07 Å². The largest absolute Gasteiger partial charge is 1.00 e. The molecule has 44 heavy (non-hydrogen) atoms. The maximum Gasteiger partial charge on any atom is 1.00 e. The number of anilines is 2. The standard InChI is InChI=1S/C37H60N2O3S.K/c1-2-3-4-5-6-7-8-9-10-11-12-13-14-15-16-17-18-19-20-21-25-31-36-38-37-34(29-26-30-35(37)43(40,41)42)39(36)32-33-27-23-22-24-28-33;/h22-24,26-30,36,38H,2-21,25,31-32H2,1H3,(H,40,41,42);/q;+1/p-1. The number of rotatable bonds is 25. The molecule has 7 heteroatoms. The van der Waals surface area contributed by atoms with Gasteiger partial charge in [-0.3, -0.25) is 0 Å². The molecule has 0 spiro atoms. The summed E-state index contributed by atoms with van der Waals surface area (Å²) in [6, 6.07) is 15.2. The van der Waals surface area contributed by atoms with Crippen LogP contribution in [0.4, 0.5) is 11.4 Å². The van der Waals surface area contributed by atoms with Crippen LogP contribution >= 0.6 is 0 Å². The molecule has 1 unspecified atom stereocenters. The molecule has 5 nitrogen and oxygen atoms in total. The topological polar surface area (TPSA) is 72.5 Å². The predicted molar refractivity (Wildman–Crippen MR) is 182 cm³/mol. The summed E-state index contributed by atoms with van der Waals surface area (Å²) in [7, 11) is -4.54. The molecule has 0 saturated carbocycles. The van der Waals surface area contributed by atoms with Crippen LogP contribution in [0, 0.1) is 0 Å². The Kier molecular flexibility index (Phi) is 21.5. The van der Waals surface area contributed by atoms with Crippen LogP contribution in [0.5, 0.6) is 0 Å². The van der Waals surface area contributed by atoms with E-state index < -0.39 is 10.1 Å². The number of hydrogen-bond donors (Lipinski definition) is 1. The average Bonchev–Trinajstić information content (AvgIpc) is 3.34. The Labute approximate surface area is 312 Å². The van der Waals surface area contributed by atoms with Crippen molar-refractivity contribution < 1.29 is 64.4 Å². The fourth-order valence-corrected chi connectivity index (χ4v) is 7.16. The Bertz CT molecular complexity index is 1110. The summed E-state index contributed by atoms with van der Waals surface area (Å²) in [5, 5.41) is 3.39. The van der Waals surface area contributed by atoms with E-state index in [0.717, 1.165) is 24.1 Å². The van der Waals surface area contributed by atoms with Crippen LogP contribution < -0.4 is 61.6 Å². The molecule has 1 atom stereocenters. The first-order valence-electron chi connectivity index (χ1n) is 17.7. The molecule has 1 N–H and O–H groups in total. The van der Waals surface area contributed by atoms with Gasteiger partial charge < -0.3 is 14.8 Å². The molecule has 0 fully saturated rings. The third kappa shape index (κ3) is 15.5. The fourth-order valence-electron chi connectivity index (χ4n) is 6.50. The average molecular weight is 651 g/mol. The van der Waals surface area contributed by atoms with Crippen LogP contribution in [0.25, 0.3) is 0 Å². The van der Waals surface area contributed by atoms with Crippen LogP contribution in [-0.2, 0) is 16.7 Å². The van der Waals surface area contributed by atoms with Crippen molar-refractivity contribution in [1.29, 1.82) is 0 Å². The van der Waals surface area contributed by atoms with Crippen LogP contribution in [0.3, 0.4) is 0 Å². The second-order valence-corrected chi connectivity index (χ2v) is 14.1. The molecular weight excluding hydrogens is 592 g/mol. The van der Waals surface area contributed by atoms with Gasteiger partial charge in [0, 0.05) is 6.54 Å². The molecule has 0 aromatic heterocycles. The minimum Gasteiger partial charge on any atom is -0.744 e. The molecule has 0 amide bonds. The maximum absolute atomic E-state index is 11.9. The van der Waals surface area contributed by atoms with Crippen molar-refractivity contribution in [2.45, 2.75) is 166 Å². The molecule has 1 heterocycles. The van der Waals surface area contributed by atoms with Gasteiger partial charge in [0.05, 0.1) is 22.4 Å². The Morgan fingerprint density at radius 2 is 1.09 bits per heavy atom. The SMILES string of the molecule is CCCCCCCCCCCCCCCCCCCCCCCC1Nc2c(cccc2S(=O)(=O)[O-])N1Cc1ccccc1.[K+]. The Morgan fingerprint density at radius 3 is 1.55 bits per heavy atom. The van der Waals surface area contributed by atoms with Crippen molar-refractivity contribution in [3.8, 4) is 0 Å². The van der Waals surface area contributed by atoms with Gasteiger partial charge in [-0.1, -0.05) is 172 Å². The summed E-state index contributed by atoms with van der Waals surface area (Å²) in [5.74, 6) is 0. The summed E-state index contributed by atoms with van der Waals surface area (Å²) in [4.78, 5) is 2.07. The summed E-state index contributed by atoms with van der Waals surface area (Å²) < 4.78 is 35.7. The van der Waals surface area contributed by atoms with Gasteiger partial charge in [0.1, 0.15) is 10.1 Å². The minimum absolute atomic E-state index is 0. The number of fused-ring (bicyclic) bond motifs is 1. The van der Waals surface area contributed by atoms with E-state index in [4.69, 9.17) is 0 Å². The molecule has 0 bridgehead atoms. The fraction of sp³-hybridized carbons (Fsp3) is 0.676. The van der Waals surface area contributed by atoms with E-state index in [1.807, 2.05) is 24.3 Å². The Morgan fingerprint density at radius 1 is 0.636 bits per heavy atom. The number of nitrogens with one attached hydrogen (secondary N) is 1. The van der Waals surface area contributed by atoms with Crippen molar-refractivity contribution in [2.24, 2.45) is 0 Å². The number of nitrogens with zero attached hydrogens (tertiary/aromatic N) is 1. The molecule has 0 saturated heterocycles. The van der Waals surface area contributed by atoms with Gasteiger partial charge in [-0.15, -0.1) is 0 Å². The quantitative estimate of drug-likeness (QED) is 0.0671. The number of para-hydroxylation sites is 1. The molecule has 1 aliphatic heterocycles. The van der Waals surface area contributed by atoms with Gasteiger partial charge in [-0.05, 0) is 30.5 Å². The number of benzene rings is 2. The van der Waals surface area contributed by atoms with Crippen molar-refractivity contribution in [1.82, 2.24) is 0 Å². The van der Waals surface area contributed by atoms with E-state index in [2.05, 4.69) is 29.3 Å². The van der Waals surface area contributed by atoms with Gasteiger partial charge in [0.15, 0.2) is 0 Å². The van der Waals surface area contributed by atoms with E-state index in [-0.39, 0.29) is 62.4 Å². The van der Waals surface area contributed by atoms with Gasteiger partial charge >= 0.3 is 51.4 Å². The number of hydrogen-bond acceptors (Lipinski definition) is 5. The summed E-state index contributed by atoms with van der Waals surface area (Å²) in [5.41, 5.74) is 2.42. The van der Waals surface area contributed by atoms with Crippen LogP contribution in [0.1, 0.15) is 154 Å². The monoisotopic (exact) mass is 650 g/mol. The van der Waals surface area contributed by atoms with Crippen LogP contribution in [0.15, 0.2) is 53.4 Å². The van der Waals surface area contributed by atoms with Gasteiger partial charge in [-0.2, -0.15) is 0 Å². The van der Waals surface area contributed by atoms with E-state index in [9.17, 15) is 13.0 Å². The molecule has 0 radical (unpaired) electrons. The normalized spacial score (nSPS) is 14.3. The van der Waals surface area contributed by atoms with Crippen LogP contribution in [0.2, 0.25) is 0 Å². The van der Waals surface area contributed by atoms with E-state index in [1.165, 1.54) is 134 Å². The maximum atomic E-state index is 11.9. The van der Waals surface area contributed by atoms with Crippen LogP contribution in [-0.4, -0.2) is 19.1 Å². The zero-order valence-corrected chi connectivity index (χ0v) is 32.0. The van der Waals surface area contributed by atoms with Crippen molar-refractivity contribution >= 4 is 21.5 Å². The second-order valence-electron chi connectivity index (χ2n) is 12.7. The van der Waals surface area contributed by atoms with E-state index in [0.29, 0.717) is 12.2 Å². The van der Waals surface area contributed by atoms with Crippen molar-refractivity contribution in [2.75, 3.05) is 10.2 Å². The summed E-state index contributed by atoms with van der Waals surface area (Å²) >= 11 is 0. The third-order valence-corrected chi connectivity index (χ3v) is 9.93. The van der Waals surface area contributed by atoms with Crippen molar-refractivity contribution in [3.63, 3.8) is 0 Å². The molecule has 242 valence electrons. The molecule has 2 aromatic carbocycles. The minimum atomic E-state index is -4.54. The third-order valence-electron chi connectivity index (χ3n) is 9.05. The summed E-state index contributed by atoms with van der Waals surface area (Å²) in [6.45, 7) is 2.96. The van der Waals surface area contributed by atoms with Gasteiger partial charge in [-0.25, -0.2) is 8.42 Å². The van der Waals surface area contributed by atoms with Crippen molar-refractivity contribution in [3.05, 3.63) is 54.1 Å². The summed E-state index contributed by atoms with van der Waals surface area (Å²) in [6.07, 6.45) is 29.7. The predicted octanol–water partition coefficient (Wildman–Crippen LogP) is 7.96. The molecule has 0 aliphatic carbocycles. The van der Waals surface area contributed by atoms with Gasteiger partial charge in [0.2, 0.25) is 0 Å². The smallest absolute Gasteiger partial charge is 0.744 e. The molecular formula is C37H59KN2O3S. The first-order chi connectivity index (χ1) is 21.0. The van der Waals surface area contributed by atoms with E-state index >= 15 is 0 Å². The Hall–Kier alpha value is -0.414. The Balaban J connectivity index is 0.00000675. The zero-order valence-electron chi connectivity index (χ0n) is 28.0. The first kappa shape index (κ1) is 39.8. The number of unbranched alkanes of at least 4 members (excludes halogenated alkanes) is 20. The zero-order chi connectivity index (χ0) is 30.6. The molecule has 1 aliphatic rings. The molecule has 3 rings (SSSR count).